The molecule has 0 bridgehead atoms. The van der Waals surface area contributed by atoms with E-state index in [1.165, 1.54) is 5.56 Å². The van der Waals surface area contributed by atoms with Crippen molar-refractivity contribution < 1.29 is 9.59 Å². The average molecular weight is 288 g/mol. The number of carbonyl (C=O) groups excluding carboxylic acids is 2. The molecule has 1 atom stereocenters. The summed E-state index contributed by atoms with van der Waals surface area (Å²) in [5, 5.41) is 2.94. The lowest BCUT2D eigenvalue weighted by molar-refractivity contribution is -0.135. The van der Waals surface area contributed by atoms with Crippen LogP contribution in [0.25, 0.3) is 0 Å². The second-order valence-corrected chi connectivity index (χ2v) is 5.74. The van der Waals surface area contributed by atoms with E-state index >= 15 is 0 Å². The standard InChI is InChI=1S/C17H24N2O2/c1-14(15-8-4-2-5-9-15)12-18-16(20)13-19-11-7-3-6-10-17(19)21/h2,4-5,8-9,14H,3,6-7,10-13H2,1H3,(H,18,20). The summed E-state index contributed by atoms with van der Waals surface area (Å²) < 4.78 is 0. The SMILES string of the molecule is CC(CNC(=O)CN1CCCCCC1=O)c1ccccc1. The Hall–Kier alpha value is -1.84. The first kappa shape index (κ1) is 15.5. The largest absolute Gasteiger partial charge is 0.354 e. The monoisotopic (exact) mass is 288 g/mol. The molecule has 21 heavy (non-hydrogen) atoms. The highest BCUT2D eigenvalue weighted by atomic mass is 16.2. The van der Waals surface area contributed by atoms with E-state index in [1.54, 1.807) is 4.90 Å². The van der Waals surface area contributed by atoms with Crippen LogP contribution in [0.5, 0.6) is 0 Å². The summed E-state index contributed by atoms with van der Waals surface area (Å²) in [6.45, 7) is 3.60. The minimum absolute atomic E-state index is 0.0620. The van der Waals surface area contributed by atoms with Gasteiger partial charge in [-0.2, -0.15) is 0 Å². The number of hydrogen-bond donors (Lipinski definition) is 1. The van der Waals surface area contributed by atoms with Crippen molar-refractivity contribution in [3.63, 3.8) is 0 Å². The first-order chi connectivity index (χ1) is 10.2. The minimum Gasteiger partial charge on any atom is -0.354 e. The molecule has 4 heteroatoms. The second kappa shape index (κ2) is 7.81. The molecule has 0 spiro atoms. The van der Waals surface area contributed by atoms with Crippen molar-refractivity contribution in [1.82, 2.24) is 10.2 Å². The summed E-state index contributed by atoms with van der Waals surface area (Å²) in [6, 6.07) is 10.1. The van der Waals surface area contributed by atoms with E-state index < -0.39 is 0 Å². The van der Waals surface area contributed by atoms with E-state index in [-0.39, 0.29) is 24.3 Å². The number of rotatable bonds is 5. The molecule has 1 aromatic carbocycles. The van der Waals surface area contributed by atoms with Crippen molar-refractivity contribution in [3.05, 3.63) is 35.9 Å². The van der Waals surface area contributed by atoms with E-state index in [0.29, 0.717) is 19.5 Å². The van der Waals surface area contributed by atoms with Gasteiger partial charge in [-0.25, -0.2) is 0 Å². The average Bonchev–Trinajstić information content (AvgIpc) is 2.71. The summed E-state index contributed by atoms with van der Waals surface area (Å²) >= 11 is 0. The zero-order valence-corrected chi connectivity index (χ0v) is 12.7. The van der Waals surface area contributed by atoms with Gasteiger partial charge < -0.3 is 10.2 Å². The number of hydrogen-bond acceptors (Lipinski definition) is 2. The lowest BCUT2D eigenvalue weighted by atomic mass is 10.0. The highest BCUT2D eigenvalue weighted by molar-refractivity contribution is 5.84. The van der Waals surface area contributed by atoms with Crippen LogP contribution in [-0.2, 0) is 9.59 Å². The van der Waals surface area contributed by atoms with Crippen LogP contribution in [0.2, 0.25) is 0 Å². The van der Waals surface area contributed by atoms with Crippen LogP contribution in [0, 0.1) is 0 Å². The van der Waals surface area contributed by atoms with E-state index in [0.717, 1.165) is 19.3 Å². The lowest BCUT2D eigenvalue weighted by Gasteiger charge is -2.20. The number of nitrogens with one attached hydrogen (secondary N) is 1. The predicted molar refractivity (Wildman–Crippen MR) is 82.9 cm³/mol. The van der Waals surface area contributed by atoms with Gasteiger partial charge in [-0.15, -0.1) is 0 Å². The second-order valence-electron chi connectivity index (χ2n) is 5.74. The minimum atomic E-state index is -0.0620. The summed E-state index contributed by atoms with van der Waals surface area (Å²) in [5.74, 6) is 0.321. The zero-order valence-electron chi connectivity index (χ0n) is 12.7. The Balaban J connectivity index is 1.78. The van der Waals surface area contributed by atoms with Gasteiger partial charge in [0.05, 0.1) is 6.54 Å². The maximum absolute atomic E-state index is 12.0. The van der Waals surface area contributed by atoms with E-state index in [9.17, 15) is 9.59 Å². The van der Waals surface area contributed by atoms with Crippen LogP contribution in [0.15, 0.2) is 30.3 Å². The highest BCUT2D eigenvalue weighted by Gasteiger charge is 2.19. The molecule has 1 heterocycles. The van der Waals surface area contributed by atoms with Crippen LogP contribution in [0.4, 0.5) is 0 Å². The molecule has 1 saturated heterocycles. The summed E-state index contributed by atoms with van der Waals surface area (Å²) in [7, 11) is 0. The van der Waals surface area contributed by atoms with Crippen molar-refractivity contribution in [2.24, 2.45) is 0 Å². The van der Waals surface area contributed by atoms with Gasteiger partial charge >= 0.3 is 0 Å². The number of likely N-dealkylation sites (tertiary alicyclic amines) is 1. The molecule has 1 N–H and O–H groups in total. The number of benzene rings is 1. The Labute approximate surface area is 126 Å². The third-order valence-corrected chi connectivity index (χ3v) is 3.98. The molecule has 2 amide bonds. The van der Waals surface area contributed by atoms with Gasteiger partial charge in [0.2, 0.25) is 11.8 Å². The highest BCUT2D eigenvalue weighted by Crippen LogP contribution is 2.13. The number of amides is 2. The van der Waals surface area contributed by atoms with E-state index in [4.69, 9.17) is 0 Å². The normalized spacial score (nSPS) is 17.2. The quantitative estimate of drug-likeness (QED) is 0.904. The summed E-state index contributed by atoms with van der Waals surface area (Å²) in [4.78, 5) is 25.5. The smallest absolute Gasteiger partial charge is 0.239 e. The van der Waals surface area contributed by atoms with E-state index in [1.807, 2.05) is 18.2 Å². The van der Waals surface area contributed by atoms with Crippen molar-refractivity contribution in [2.45, 2.75) is 38.5 Å². The van der Waals surface area contributed by atoms with Crippen molar-refractivity contribution >= 4 is 11.8 Å². The van der Waals surface area contributed by atoms with Crippen molar-refractivity contribution in [2.75, 3.05) is 19.6 Å². The number of carbonyl (C=O) groups is 2. The van der Waals surface area contributed by atoms with Gasteiger partial charge in [-0.3, -0.25) is 9.59 Å². The molecule has 2 rings (SSSR count). The van der Waals surface area contributed by atoms with Crippen molar-refractivity contribution in [3.8, 4) is 0 Å². The first-order valence-electron chi connectivity index (χ1n) is 7.76. The van der Waals surface area contributed by atoms with Gasteiger partial charge in [0.25, 0.3) is 0 Å². The zero-order chi connectivity index (χ0) is 15.1. The fraction of sp³-hybridized carbons (Fsp3) is 0.529. The molecular weight excluding hydrogens is 264 g/mol. The first-order valence-corrected chi connectivity index (χ1v) is 7.76. The lowest BCUT2D eigenvalue weighted by Crippen LogP contribution is -2.41. The van der Waals surface area contributed by atoms with Gasteiger partial charge in [0.1, 0.15) is 0 Å². The molecule has 0 saturated carbocycles. The Bertz CT molecular complexity index is 473. The third kappa shape index (κ3) is 4.88. The van der Waals surface area contributed by atoms with Crippen LogP contribution in [0.1, 0.15) is 44.1 Å². The molecule has 4 nitrogen and oxygen atoms in total. The topological polar surface area (TPSA) is 49.4 Å². The Morgan fingerprint density at radius 3 is 2.76 bits per heavy atom. The van der Waals surface area contributed by atoms with Gasteiger partial charge in [0.15, 0.2) is 0 Å². The summed E-state index contributed by atoms with van der Waals surface area (Å²) in [5.41, 5.74) is 1.21. The predicted octanol–water partition coefficient (Wildman–Crippen LogP) is 2.31. The third-order valence-electron chi connectivity index (χ3n) is 3.98. The number of nitrogens with zero attached hydrogens (tertiary/aromatic N) is 1. The van der Waals surface area contributed by atoms with E-state index in [2.05, 4.69) is 24.4 Å². The van der Waals surface area contributed by atoms with Gasteiger partial charge in [0, 0.05) is 19.5 Å². The fourth-order valence-electron chi connectivity index (χ4n) is 2.60. The van der Waals surface area contributed by atoms with Crippen molar-refractivity contribution in [1.29, 1.82) is 0 Å². The molecule has 1 aliphatic heterocycles. The molecule has 1 aromatic rings. The molecule has 0 aliphatic carbocycles. The van der Waals surface area contributed by atoms with Crippen LogP contribution < -0.4 is 5.32 Å². The molecular formula is C17H24N2O2. The van der Waals surface area contributed by atoms with Crippen LogP contribution in [-0.4, -0.2) is 36.3 Å². The maximum Gasteiger partial charge on any atom is 0.239 e. The maximum atomic E-state index is 12.0. The van der Waals surface area contributed by atoms with Gasteiger partial charge in [-0.05, 0) is 24.3 Å². The molecule has 0 radical (unpaired) electrons. The fourth-order valence-corrected chi connectivity index (χ4v) is 2.60. The Morgan fingerprint density at radius 2 is 2.00 bits per heavy atom. The molecule has 1 fully saturated rings. The van der Waals surface area contributed by atoms with Crippen LogP contribution >= 0.6 is 0 Å². The molecule has 1 aliphatic rings. The van der Waals surface area contributed by atoms with Crippen LogP contribution in [0.3, 0.4) is 0 Å². The molecule has 1 unspecified atom stereocenters. The summed E-state index contributed by atoms with van der Waals surface area (Å²) in [6.07, 6.45) is 3.60. The van der Waals surface area contributed by atoms with Gasteiger partial charge in [-0.1, -0.05) is 43.7 Å². The Kier molecular flexibility index (Phi) is 5.78. The Morgan fingerprint density at radius 1 is 1.24 bits per heavy atom. The molecule has 0 aromatic heterocycles. The molecule has 114 valence electrons.